The number of imidazole rings is 1. The van der Waals surface area contributed by atoms with Gasteiger partial charge in [0, 0.05) is 25.8 Å². The quantitative estimate of drug-likeness (QED) is 0.922. The van der Waals surface area contributed by atoms with E-state index in [-0.39, 0.29) is 0 Å². The average Bonchev–Trinajstić information content (AvgIpc) is 2.66. The SMILES string of the molecule is FC(F)(F)c1ccc2ncc(CN3CCCNCC3)n2c1. The van der Waals surface area contributed by atoms with Crippen LogP contribution in [-0.2, 0) is 12.7 Å². The summed E-state index contributed by atoms with van der Waals surface area (Å²) in [4.78, 5) is 6.42. The Kier molecular flexibility index (Phi) is 3.86. The van der Waals surface area contributed by atoms with E-state index in [2.05, 4.69) is 15.2 Å². The zero-order chi connectivity index (χ0) is 14.9. The number of alkyl halides is 3. The average molecular weight is 298 g/mol. The van der Waals surface area contributed by atoms with Crippen LogP contribution in [0.15, 0.2) is 24.5 Å². The first-order chi connectivity index (χ1) is 10.0. The Morgan fingerprint density at radius 2 is 2.05 bits per heavy atom. The summed E-state index contributed by atoms with van der Waals surface area (Å²) in [6.45, 7) is 4.35. The smallest absolute Gasteiger partial charge is 0.315 e. The molecule has 1 fully saturated rings. The number of nitrogens with zero attached hydrogens (tertiary/aromatic N) is 3. The Morgan fingerprint density at radius 3 is 2.86 bits per heavy atom. The number of aromatic nitrogens is 2. The van der Waals surface area contributed by atoms with Gasteiger partial charge in [0.25, 0.3) is 0 Å². The molecule has 0 radical (unpaired) electrons. The summed E-state index contributed by atoms with van der Waals surface area (Å²) >= 11 is 0. The van der Waals surface area contributed by atoms with E-state index in [4.69, 9.17) is 0 Å². The predicted octanol–water partition coefficient (Wildman–Crippen LogP) is 2.15. The fraction of sp³-hybridized carbons (Fsp3) is 0.500. The number of pyridine rings is 1. The van der Waals surface area contributed by atoms with Crippen LogP contribution in [0.25, 0.3) is 5.65 Å². The molecular formula is C14H17F3N4. The van der Waals surface area contributed by atoms with Gasteiger partial charge in [0.15, 0.2) is 0 Å². The lowest BCUT2D eigenvalue weighted by Gasteiger charge is -2.19. The molecule has 0 aliphatic carbocycles. The molecule has 0 unspecified atom stereocenters. The molecule has 0 amide bonds. The van der Waals surface area contributed by atoms with E-state index in [1.807, 2.05) is 0 Å². The van der Waals surface area contributed by atoms with Crippen molar-refractivity contribution < 1.29 is 13.2 Å². The maximum atomic E-state index is 12.8. The second-order valence-corrected chi connectivity index (χ2v) is 5.27. The van der Waals surface area contributed by atoms with Crippen LogP contribution in [0, 0.1) is 0 Å². The number of hydrogen-bond donors (Lipinski definition) is 1. The minimum atomic E-state index is -4.33. The molecule has 3 rings (SSSR count). The molecule has 21 heavy (non-hydrogen) atoms. The third kappa shape index (κ3) is 3.19. The lowest BCUT2D eigenvalue weighted by Crippen LogP contribution is -2.28. The van der Waals surface area contributed by atoms with Crippen molar-refractivity contribution in [2.24, 2.45) is 0 Å². The van der Waals surface area contributed by atoms with Crippen molar-refractivity contribution in [1.29, 1.82) is 0 Å². The third-order valence-corrected chi connectivity index (χ3v) is 3.73. The first-order valence-electron chi connectivity index (χ1n) is 7.00. The first kappa shape index (κ1) is 14.3. The highest BCUT2D eigenvalue weighted by atomic mass is 19.4. The number of halogens is 3. The summed E-state index contributed by atoms with van der Waals surface area (Å²) in [5.74, 6) is 0. The zero-order valence-corrected chi connectivity index (χ0v) is 11.5. The highest BCUT2D eigenvalue weighted by Crippen LogP contribution is 2.29. The maximum Gasteiger partial charge on any atom is 0.417 e. The van der Waals surface area contributed by atoms with Crippen molar-refractivity contribution in [3.63, 3.8) is 0 Å². The molecule has 0 spiro atoms. The summed E-state index contributed by atoms with van der Waals surface area (Å²) < 4.78 is 40.0. The Labute approximate surface area is 120 Å². The molecule has 4 nitrogen and oxygen atoms in total. The Bertz CT molecular complexity index is 612. The second-order valence-electron chi connectivity index (χ2n) is 5.27. The first-order valence-corrected chi connectivity index (χ1v) is 7.00. The molecule has 0 aromatic carbocycles. The second kappa shape index (κ2) is 5.65. The lowest BCUT2D eigenvalue weighted by atomic mass is 10.2. The van der Waals surface area contributed by atoms with Gasteiger partial charge in [-0.05, 0) is 31.6 Å². The van der Waals surface area contributed by atoms with Gasteiger partial charge in [-0.15, -0.1) is 0 Å². The van der Waals surface area contributed by atoms with Gasteiger partial charge in [0.2, 0.25) is 0 Å². The molecule has 1 saturated heterocycles. The van der Waals surface area contributed by atoms with Gasteiger partial charge in [-0.3, -0.25) is 4.90 Å². The fourth-order valence-electron chi connectivity index (χ4n) is 2.60. The largest absolute Gasteiger partial charge is 0.417 e. The van der Waals surface area contributed by atoms with Gasteiger partial charge in [0.1, 0.15) is 5.65 Å². The Hall–Kier alpha value is -1.60. The van der Waals surface area contributed by atoms with Crippen LogP contribution in [0.1, 0.15) is 17.7 Å². The predicted molar refractivity (Wildman–Crippen MR) is 73.0 cm³/mol. The molecule has 7 heteroatoms. The molecule has 1 aliphatic heterocycles. The van der Waals surface area contributed by atoms with E-state index in [0.717, 1.165) is 50.6 Å². The maximum absolute atomic E-state index is 12.8. The molecule has 0 bridgehead atoms. The van der Waals surface area contributed by atoms with Crippen molar-refractivity contribution in [3.8, 4) is 0 Å². The lowest BCUT2D eigenvalue weighted by molar-refractivity contribution is -0.137. The van der Waals surface area contributed by atoms with Crippen molar-refractivity contribution in [2.45, 2.75) is 19.1 Å². The molecule has 114 valence electrons. The Balaban J connectivity index is 1.87. The van der Waals surface area contributed by atoms with Crippen LogP contribution in [0.3, 0.4) is 0 Å². The molecule has 1 aliphatic rings. The number of rotatable bonds is 2. The van der Waals surface area contributed by atoms with Crippen molar-refractivity contribution in [2.75, 3.05) is 26.2 Å². The van der Waals surface area contributed by atoms with Gasteiger partial charge >= 0.3 is 6.18 Å². The van der Waals surface area contributed by atoms with Gasteiger partial charge in [-0.2, -0.15) is 13.2 Å². The molecule has 1 N–H and O–H groups in total. The van der Waals surface area contributed by atoms with E-state index in [0.29, 0.717) is 12.2 Å². The van der Waals surface area contributed by atoms with Crippen LogP contribution in [0.5, 0.6) is 0 Å². The number of hydrogen-bond acceptors (Lipinski definition) is 3. The zero-order valence-electron chi connectivity index (χ0n) is 11.5. The summed E-state index contributed by atoms with van der Waals surface area (Å²) in [7, 11) is 0. The highest BCUT2D eigenvalue weighted by molar-refractivity contribution is 5.42. The normalized spacial score (nSPS) is 18.0. The van der Waals surface area contributed by atoms with E-state index < -0.39 is 11.7 Å². The molecule has 3 heterocycles. The van der Waals surface area contributed by atoms with Gasteiger partial charge < -0.3 is 9.72 Å². The minimum Gasteiger partial charge on any atom is -0.315 e. The van der Waals surface area contributed by atoms with E-state index in [1.54, 1.807) is 10.6 Å². The third-order valence-electron chi connectivity index (χ3n) is 3.73. The van der Waals surface area contributed by atoms with Crippen LogP contribution < -0.4 is 5.32 Å². The Morgan fingerprint density at radius 1 is 1.19 bits per heavy atom. The van der Waals surface area contributed by atoms with E-state index >= 15 is 0 Å². The summed E-state index contributed by atoms with van der Waals surface area (Å²) in [6.07, 6.45) is -0.492. The standard InChI is InChI=1S/C14H17F3N4/c15-14(16,17)11-2-3-13-19-8-12(21(13)9-11)10-20-6-1-4-18-5-7-20/h2-3,8-9,18H,1,4-7,10H2. The van der Waals surface area contributed by atoms with Gasteiger partial charge in [-0.25, -0.2) is 4.98 Å². The summed E-state index contributed by atoms with van der Waals surface area (Å²) in [5, 5.41) is 3.31. The van der Waals surface area contributed by atoms with Crippen molar-refractivity contribution in [1.82, 2.24) is 19.6 Å². The van der Waals surface area contributed by atoms with Gasteiger partial charge in [0.05, 0.1) is 17.5 Å². The molecule has 0 atom stereocenters. The summed E-state index contributed by atoms with van der Waals surface area (Å²) in [5.41, 5.74) is 0.690. The van der Waals surface area contributed by atoms with E-state index in [1.165, 1.54) is 6.07 Å². The number of nitrogens with one attached hydrogen (secondary N) is 1. The highest BCUT2D eigenvalue weighted by Gasteiger charge is 2.31. The molecule has 2 aromatic rings. The van der Waals surface area contributed by atoms with E-state index in [9.17, 15) is 13.2 Å². The van der Waals surface area contributed by atoms with Crippen LogP contribution in [0.2, 0.25) is 0 Å². The van der Waals surface area contributed by atoms with Crippen molar-refractivity contribution in [3.05, 3.63) is 35.8 Å². The van der Waals surface area contributed by atoms with Crippen LogP contribution >= 0.6 is 0 Å². The molecule has 0 saturated carbocycles. The van der Waals surface area contributed by atoms with Crippen molar-refractivity contribution >= 4 is 5.65 Å². The summed E-state index contributed by atoms with van der Waals surface area (Å²) in [6, 6.07) is 2.48. The van der Waals surface area contributed by atoms with Gasteiger partial charge in [-0.1, -0.05) is 0 Å². The molecule has 2 aromatic heterocycles. The van der Waals surface area contributed by atoms with Crippen LogP contribution in [0.4, 0.5) is 13.2 Å². The molecular weight excluding hydrogens is 281 g/mol. The minimum absolute atomic E-state index is 0.547. The fourth-order valence-corrected chi connectivity index (χ4v) is 2.60. The monoisotopic (exact) mass is 298 g/mol. The van der Waals surface area contributed by atoms with Crippen LogP contribution in [-0.4, -0.2) is 40.5 Å². The topological polar surface area (TPSA) is 32.6 Å². The number of fused-ring (bicyclic) bond motifs is 1.